The Balaban J connectivity index is 0.000000257. The van der Waals surface area contributed by atoms with Gasteiger partial charge < -0.3 is 27.6 Å². The molecule has 0 amide bonds. The SMILES string of the molecule is CCC(CC)(c1ccc(C#CC2(O[Si](C)(C)C)CCOCC2)c(C)c1)c1ccc(B2OC(C)(C)C(C)(C)O2)c(C)c1.CCc1ccc(-c2ccc(C(CC)(CC)c3ccc(C#CC4(O[Si](C)(C)C)CCOCC4)c(C)c3)cc2C)cc1.O=C=O. The van der Waals surface area contributed by atoms with Crippen LogP contribution in [0.25, 0.3) is 11.1 Å². The van der Waals surface area contributed by atoms with E-state index in [-0.39, 0.29) is 40.9 Å². The minimum absolute atomic E-state index is 0.0328. The first-order valence-electron chi connectivity index (χ1n) is 31.0. The molecule has 3 heterocycles. The number of hydrogen-bond acceptors (Lipinski definition) is 8. The first-order chi connectivity index (χ1) is 39.5. The van der Waals surface area contributed by atoms with Gasteiger partial charge in [-0.1, -0.05) is 149 Å². The quantitative estimate of drug-likeness (QED) is 0.0757. The summed E-state index contributed by atoms with van der Waals surface area (Å²) in [5, 5.41) is 0. The monoisotopic (exact) mass is 1170 g/mol. The van der Waals surface area contributed by atoms with Gasteiger partial charge in [0.1, 0.15) is 11.2 Å². The van der Waals surface area contributed by atoms with Crippen LogP contribution in [-0.2, 0) is 54.5 Å². The summed E-state index contributed by atoms with van der Waals surface area (Å²) in [5.41, 5.74) is 16.1. The fraction of sp³-hybridized carbons (Fsp3) is 0.521. The van der Waals surface area contributed by atoms with E-state index in [0.717, 1.165) is 87.6 Å². The number of benzene rings is 5. The predicted octanol–water partition coefficient (Wildman–Crippen LogP) is 16.3. The number of ether oxygens (including phenoxy) is 2. The number of aryl methyl sites for hydroxylation is 5. The summed E-state index contributed by atoms with van der Waals surface area (Å²) in [5.74, 6) is 14.2. The molecule has 0 aromatic heterocycles. The van der Waals surface area contributed by atoms with E-state index in [1.165, 1.54) is 61.2 Å². The van der Waals surface area contributed by atoms with Crippen molar-refractivity contribution >= 4 is 35.4 Å². The highest BCUT2D eigenvalue weighted by atomic mass is 28.4. The van der Waals surface area contributed by atoms with E-state index < -0.39 is 22.2 Å². The van der Waals surface area contributed by atoms with Crippen LogP contribution in [0, 0.1) is 51.4 Å². The van der Waals surface area contributed by atoms with Crippen LogP contribution in [0.4, 0.5) is 0 Å². The Kier molecular flexibility index (Phi) is 22.8. The summed E-state index contributed by atoms with van der Waals surface area (Å²) < 4.78 is 37.3. The third-order valence-electron chi connectivity index (χ3n) is 18.2. The Bertz CT molecular complexity index is 3170. The second-order valence-electron chi connectivity index (χ2n) is 26.6. The zero-order chi connectivity index (χ0) is 61.9. The minimum Gasteiger partial charge on any atom is -0.401 e. The topological polar surface area (TPSA) is 89.5 Å². The Hall–Kier alpha value is -5.14. The summed E-state index contributed by atoms with van der Waals surface area (Å²) in [6.07, 6.45) is 8.78. The van der Waals surface area contributed by atoms with Gasteiger partial charge in [-0.2, -0.15) is 9.59 Å². The molecule has 5 aromatic rings. The normalized spacial score (nSPS) is 17.2. The van der Waals surface area contributed by atoms with E-state index in [9.17, 15) is 0 Å². The smallest absolute Gasteiger partial charge is 0.401 e. The summed E-state index contributed by atoms with van der Waals surface area (Å²) in [4.78, 5) is 16.2. The molecule has 11 heteroatoms. The van der Waals surface area contributed by atoms with E-state index in [2.05, 4.69) is 250 Å². The van der Waals surface area contributed by atoms with Crippen molar-refractivity contribution in [3.05, 3.63) is 158 Å². The lowest BCUT2D eigenvalue weighted by atomic mass is 9.68. The van der Waals surface area contributed by atoms with E-state index in [0.29, 0.717) is 13.2 Å². The Morgan fingerprint density at radius 1 is 0.500 bits per heavy atom. The highest BCUT2D eigenvalue weighted by molar-refractivity contribution is 6.70. The van der Waals surface area contributed by atoms with Crippen molar-refractivity contribution in [2.75, 3.05) is 26.4 Å². The van der Waals surface area contributed by atoms with Crippen LogP contribution in [0.2, 0.25) is 39.3 Å². The molecule has 3 aliphatic rings. The molecule has 0 unspecified atom stereocenters. The largest absolute Gasteiger partial charge is 0.495 e. The molecule has 3 aliphatic heterocycles. The van der Waals surface area contributed by atoms with E-state index >= 15 is 0 Å². The van der Waals surface area contributed by atoms with Gasteiger partial charge in [-0.05, 0) is 200 Å². The Morgan fingerprint density at radius 2 is 0.857 bits per heavy atom. The predicted molar refractivity (Wildman–Crippen MR) is 351 cm³/mol. The molecular weight excluding hydrogens is 1070 g/mol. The van der Waals surface area contributed by atoms with Crippen molar-refractivity contribution in [3.8, 4) is 34.8 Å². The molecule has 0 aliphatic carbocycles. The first kappa shape index (κ1) is 68.0. The van der Waals surface area contributed by atoms with Gasteiger partial charge in [-0.25, -0.2) is 0 Å². The van der Waals surface area contributed by atoms with Crippen LogP contribution in [-0.4, -0.2) is 78.7 Å². The molecule has 5 aromatic carbocycles. The fourth-order valence-corrected chi connectivity index (χ4v) is 15.4. The fourth-order valence-electron chi connectivity index (χ4n) is 12.5. The molecule has 3 fully saturated rings. The van der Waals surface area contributed by atoms with Crippen molar-refractivity contribution in [2.24, 2.45) is 0 Å². The number of hydrogen-bond donors (Lipinski definition) is 0. The van der Waals surface area contributed by atoms with Gasteiger partial charge >= 0.3 is 13.3 Å². The number of carbonyl (C=O) groups excluding carboxylic acids is 2. The zero-order valence-electron chi connectivity index (χ0n) is 54.8. The lowest BCUT2D eigenvalue weighted by Crippen LogP contribution is -2.45. The van der Waals surface area contributed by atoms with Crippen molar-refractivity contribution < 1.29 is 37.2 Å². The van der Waals surface area contributed by atoms with Gasteiger partial charge in [-0.15, -0.1) is 0 Å². The molecule has 0 atom stereocenters. The standard InChI is InChI=1S/C37H48O2Si.C35H51BO4Si.CO2/c1-9-30-12-14-32(15-13-30)35-19-18-34(27-29(35)5)37(10-2,11-3)33-17-16-31(28(4)26-33)20-21-36(39-40(6,7)8)22-24-38-25-23-36;1-12-35(13-2,30-16-17-31(27(4)25-30)36-38-32(5,6)33(7,8)39-36)29-15-14-28(26(3)24-29)18-19-34(40-41(9,10)11)20-22-37-23-21-34;2-1-3/h12-19,26-27H,9-11,22-25H2,1-8H3;14-17,24-25H,12-13,20-23H2,1-11H3;. The molecule has 8 rings (SSSR count). The molecule has 84 heavy (non-hydrogen) atoms. The Morgan fingerprint density at radius 3 is 1.19 bits per heavy atom. The maximum Gasteiger partial charge on any atom is 0.495 e. The zero-order valence-corrected chi connectivity index (χ0v) is 56.8. The highest BCUT2D eigenvalue weighted by Gasteiger charge is 2.52. The molecule has 0 spiro atoms. The van der Waals surface area contributed by atoms with Crippen molar-refractivity contribution in [3.63, 3.8) is 0 Å². The van der Waals surface area contributed by atoms with Gasteiger partial charge in [0, 0.05) is 47.6 Å². The van der Waals surface area contributed by atoms with Crippen molar-refractivity contribution in [1.29, 1.82) is 0 Å². The maximum absolute atomic E-state index is 8.12. The highest BCUT2D eigenvalue weighted by Crippen LogP contribution is 2.43. The van der Waals surface area contributed by atoms with Crippen LogP contribution < -0.4 is 5.46 Å². The summed E-state index contributed by atoms with van der Waals surface area (Å²) in [6.45, 7) is 45.0. The molecule has 3 saturated heterocycles. The van der Waals surface area contributed by atoms with E-state index in [1.807, 2.05) is 0 Å². The second kappa shape index (κ2) is 28.1. The molecule has 0 saturated carbocycles. The van der Waals surface area contributed by atoms with Gasteiger partial charge in [0.05, 0.1) is 37.6 Å². The van der Waals surface area contributed by atoms with Gasteiger partial charge in [0.15, 0.2) is 16.6 Å². The van der Waals surface area contributed by atoms with Gasteiger partial charge in [0.25, 0.3) is 0 Å². The first-order valence-corrected chi connectivity index (χ1v) is 37.9. The number of rotatable bonds is 15. The minimum atomic E-state index is -1.76. The summed E-state index contributed by atoms with van der Waals surface area (Å²) in [7, 11) is -3.85. The molecule has 0 bridgehead atoms. The lowest BCUT2D eigenvalue weighted by Gasteiger charge is -2.38. The average Bonchev–Trinajstić information content (AvgIpc) is 1.70. The van der Waals surface area contributed by atoms with Crippen LogP contribution in [0.3, 0.4) is 0 Å². The summed E-state index contributed by atoms with van der Waals surface area (Å²) in [6, 6.07) is 36.7. The average molecular weight is 1170 g/mol. The van der Waals surface area contributed by atoms with Crippen LogP contribution >= 0.6 is 0 Å². The third-order valence-corrected chi connectivity index (χ3v) is 20.2. The molecule has 0 N–H and O–H groups in total. The second-order valence-corrected chi connectivity index (χ2v) is 35.5. The molecule has 0 radical (unpaired) electrons. The molecule has 8 nitrogen and oxygen atoms in total. The van der Waals surface area contributed by atoms with Gasteiger partial charge in [0.2, 0.25) is 0 Å². The maximum atomic E-state index is 8.12. The van der Waals surface area contributed by atoms with Crippen LogP contribution in [0.15, 0.2) is 97.1 Å². The van der Waals surface area contributed by atoms with Crippen molar-refractivity contribution in [2.45, 2.75) is 220 Å². The van der Waals surface area contributed by atoms with Crippen LogP contribution in [0.5, 0.6) is 0 Å². The summed E-state index contributed by atoms with van der Waals surface area (Å²) >= 11 is 0. The van der Waals surface area contributed by atoms with Crippen LogP contribution in [0.1, 0.15) is 175 Å². The lowest BCUT2D eigenvalue weighted by molar-refractivity contribution is -0.191. The third kappa shape index (κ3) is 16.1. The van der Waals surface area contributed by atoms with E-state index in [1.54, 1.807) is 0 Å². The van der Waals surface area contributed by atoms with Gasteiger partial charge in [-0.3, -0.25) is 0 Å². The van der Waals surface area contributed by atoms with E-state index in [4.69, 9.17) is 37.2 Å². The Labute approximate surface area is 509 Å². The van der Waals surface area contributed by atoms with Crippen molar-refractivity contribution in [1.82, 2.24) is 0 Å². The molecule has 450 valence electrons. The molecular formula is C73H99BO8Si2.